The summed E-state index contributed by atoms with van der Waals surface area (Å²) in [6, 6.07) is 8.64. The van der Waals surface area contributed by atoms with E-state index in [1.807, 2.05) is 19.2 Å². The fourth-order valence-corrected chi connectivity index (χ4v) is 4.77. The van der Waals surface area contributed by atoms with Crippen molar-refractivity contribution in [2.45, 2.75) is 44.4 Å². The van der Waals surface area contributed by atoms with E-state index in [4.69, 9.17) is 9.47 Å². The Kier molecular flexibility index (Phi) is 5.78. The summed E-state index contributed by atoms with van der Waals surface area (Å²) in [5, 5.41) is 7.14. The molecule has 2 aliphatic carbocycles. The van der Waals surface area contributed by atoms with Gasteiger partial charge in [0.1, 0.15) is 5.75 Å². The van der Waals surface area contributed by atoms with Crippen LogP contribution in [0.1, 0.15) is 31.2 Å². The van der Waals surface area contributed by atoms with Gasteiger partial charge < -0.3 is 20.1 Å². The fraction of sp³-hybridized carbons (Fsp3) is 0.632. The van der Waals surface area contributed by atoms with Gasteiger partial charge in [0.05, 0.1) is 13.2 Å². The van der Waals surface area contributed by atoms with Gasteiger partial charge >= 0.3 is 0 Å². The first-order chi connectivity index (χ1) is 11.8. The molecule has 3 unspecified atom stereocenters. The molecule has 6 heteroatoms. The Morgan fingerprint density at radius 3 is 2.92 bits per heavy atom. The number of ether oxygens (including phenoxy) is 2. The van der Waals surface area contributed by atoms with Crippen molar-refractivity contribution >= 4 is 29.9 Å². The second kappa shape index (κ2) is 7.70. The van der Waals surface area contributed by atoms with E-state index in [1.54, 1.807) is 7.11 Å². The molecule has 3 atom stereocenters. The molecule has 5 nitrogen and oxygen atoms in total. The van der Waals surface area contributed by atoms with Gasteiger partial charge in [-0.1, -0.05) is 18.6 Å². The van der Waals surface area contributed by atoms with Crippen molar-refractivity contribution in [3.05, 3.63) is 29.8 Å². The number of rotatable bonds is 4. The topological polar surface area (TPSA) is 54.9 Å². The zero-order chi connectivity index (χ0) is 16.6. The quantitative estimate of drug-likeness (QED) is 0.415. The van der Waals surface area contributed by atoms with Crippen LogP contribution in [0.4, 0.5) is 0 Å². The Morgan fingerprint density at radius 2 is 2.24 bits per heavy atom. The van der Waals surface area contributed by atoms with Crippen molar-refractivity contribution in [1.82, 2.24) is 10.6 Å². The second-order valence-electron chi connectivity index (χ2n) is 7.23. The number of methoxy groups -OCH3 is 1. The summed E-state index contributed by atoms with van der Waals surface area (Å²) >= 11 is 0. The summed E-state index contributed by atoms with van der Waals surface area (Å²) in [7, 11) is 3.54. The van der Waals surface area contributed by atoms with E-state index in [2.05, 4.69) is 27.8 Å². The van der Waals surface area contributed by atoms with Gasteiger partial charge in [-0.25, -0.2) is 0 Å². The van der Waals surface area contributed by atoms with Crippen molar-refractivity contribution in [2.24, 2.45) is 16.3 Å². The number of aliphatic imine (C=N–C) groups is 1. The summed E-state index contributed by atoms with van der Waals surface area (Å²) in [4.78, 5) is 4.43. The number of fused-ring (bicyclic) bond motifs is 2. The normalized spacial score (nSPS) is 29.0. The number of hydrogen-bond acceptors (Lipinski definition) is 3. The number of hydrogen-bond donors (Lipinski definition) is 2. The zero-order valence-corrected chi connectivity index (χ0v) is 17.3. The second-order valence-corrected chi connectivity index (χ2v) is 7.23. The molecule has 0 bridgehead atoms. The monoisotopic (exact) mass is 457 g/mol. The number of benzene rings is 1. The van der Waals surface area contributed by atoms with Gasteiger partial charge in [0, 0.05) is 37.6 Å². The summed E-state index contributed by atoms with van der Waals surface area (Å²) in [6.07, 6.45) is 5.58. The third-order valence-electron chi connectivity index (χ3n) is 6.15. The van der Waals surface area contributed by atoms with E-state index in [-0.39, 0.29) is 24.0 Å². The summed E-state index contributed by atoms with van der Waals surface area (Å²) in [5.41, 5.74) is 1.56. The number of guanidine groups is 1. The minimum Gasteiger partial charge on any atom is -0.497 e. The molecule has 3 aliphatic rings. The maximum atomic E-state index is 6.00. The first-order valence-corrected chi connectivity index (χ1v) is 8.98. The van der Waals surface area contributed by atoms with Gasteiger partial charge in [-0.3, -0.25) is 4.99 Å². The van der Waals surface area contributed by atoms with E-state index in [1.165, 1.54) is 31.2 Å². The molecule has 2 N–H and O–H groups in total. The number of halogens is 1. The summed E-state index contributed by atoms with van der Waals surface area (Å²) < 4.78 is 11.3. The smallest absolute Gasteiger partial charge is 0.191 e. The molecular weight excluding hydrogens is 429 g/mol. The van der Waals surface area contributed by atoms with Gasteiger partial charge in [-0.05, 0) is 37.0 Å². The van der Waals surface area contributed by atoms with E-state index < -0.39 is 0 Å². The van der Waals surface area contributed by atoms with Crippen LogP contribution in [-0.4, -0.2) is 38.9 Å². The highest BCUT2D eigenvalue weighted by Gasteiger charge is 2.66. The molecule has 3 fully saturated rings. The van der Waals surface area contributed by atoms with Crippen LogP contribution in [0.2, 0.25) is 0 Å². The maximum Gasteiger partial charge on any atom is 0.191 e. The van der Waals surface area contributed by atoms with Gasteiger partial charge in [-0.2, -0.15) is 0 Å². The van der Waals surface area contributed by atoms with E-state index in [0.29, 0.717) is 23.5 Å². The summed E-state index contributed by atoms with van der Waals surface area (Å²) in [6.45, 7) is 1.66. The van der Waals surface area contributed by atoms with Crippen LogP contribution >= 0.6 is 24.0 Å². The number of nitrogens with zero attached hydrogens (tertiary/aromatic N) is 1. The minimum absolute atomic E-state index is 0. The highest BCUT2D eigenvalue weighted by Crippen LogP contribution is 2.62. The predicted molar refractivity (Wildman–Crippen MR) is 110 cm³/mol. The Morgan fingerprint density at radius 1 is 1.40 bits per heavy atom. The molecule has 1 heterocycles. The van der Waals surface area contributed by atoms with Gasteiger partial charge in [0.2, 0.25) is 0 Å². The molecule has 138 valence electrons. The predicted octanol–water partition coefficient (Wildman–Crippen LogP) is 2.94. The Balaban J connectivity index is 0.00000182. The molecule has 1 aliphatic heterocycles. The van der Waals surface area contributed by atoms with Crippen molar-refractivity contribution in [3.8, 4) is 5.75 Å². The lowest BCUT2D eigenvalue weighted by atomic mass is 9.46. The Bertz CT molecular complexity index is 633. The molecule has 0 aromatic heterocycles. The van der Waals surface area contributed by atoms with Crippen LogP contribution in [0.15, 0.2) is 29.3 Å². The van der Waals surface area contributed by atoms with Crippen molar-refractivity contribution in [1.29, 1.82) is 0 Å². The zero-order valence-electron chi connectivity index (χ0n) is 15.0. The molecule has 1 spiro atoms. The van der Waals surface area contributed by atoms with E-state index in [9.17, 15) is 0 Å². The largest absolute Gasteiger partial charge is 0.497 e. The van der Waals surface area contributed by atoms with E-state index in [0.717, 1.165) is 24.9 Å². The Hall–Kier alpha value is -1.02. The van der Waals surface area contributed by atoms with Crippen molar-refractivity contribution in [2.75, 3.05) is 20.8 Å². The SMILES string of the molecule is CN=C(NCc1cccc(OC)c1)NC1C2CCOC2C12CCC2.I. The van der Waals surface area contributed by atoms with Crippen LogP contribution in [0.3, 0.4) is 0 Å². The van der Waals surface area contributed by atoms with Crippen molar-refractivity contribution < 1.29 is 9.47 Å². The lowest BCUT2D eigenvalue weighted by Crippen LogP contribution is -2.72. The van der Waals surface area contributed by atoms with Crippen LogP contribution in [0, 0.1) is 11.3 Å². The molecule has 4 rings (SSSR count). The lowest BCUT2D eigenvalue weighted by molar-refractivity contribution is -0.171. The standard InChI is InChI=1S/C19H27N3O2.HI/c1-20-18(21-12-13-5-3-6-14(11-13)23-2)22-16-15-7-10-24-17(15)19(16)8-4-9-19;/h3,5-6,11,15-17H,4,7-10,12H2,1-2H3,(H2,20,21,22);1H. The highest BCUT2D eigenvalue weighted by molar-refractivity contribution is 14.0. The molecule has 1 saturated heterocycles. The molecule has 25 heavy (non-hydrogen) atoms. The maximum absolute atomic E-state index is 6.00. The molecular formula is C19H28IN3O2. The van der Waals surface area contributed by atoms with Gasteiger partial charge in [0.25, 0.3) is 0 Å². The third kappa shape index (κ3) is 3.23. The molecule has 1 aromatic rings. The van der Waals surface area contributed by atoms with Gasteiger partial charge in [-0.15, -0.1) is 24.0 Å². The average Bonchev–Trinajstić information content (AvgIpc) is 2.99. The lowest BCUT2D eigenvalue weighted by Gasteiger charge is -2.63. The highest BCUT2D eigenvalue weighted by atomic mass is 127. The fourth-order valence-electron chi connectivity index (χ4n) is 4.77. The summed E-state index contributed by atoms with van der Waals surface area (Å²) in [5.74, 6) is 2.43. The first kappa shape index (κ1) is 18.8. The van der Waals surface area contributed by atoms with Crippen molar-refractivity contribution in [3.63, 3.8) is 0 Å². The van der Waals surface area contributed by atoms with Crippen LogP contribution < -0.4 is 15.4 Å². The minimum atomic E-state index is 0. The van der Waals surface area contributed by atoms with E-state index >= 15 is 0 Å². The average molecular weight is 457 g/mol. The molecule has 2 saturated carbocycles. The van der Waals surface area contributed by atoms with Crippen LogP contribution in [0.25, 0.3) is 0 Å². The number of nitrogens with one attached hydrogen (secondary N) is 2. The molecule has 0 radical (unpaired) electrons. The van der Waals surface area contributed by atoms with Crippen LogP contribution in [0.5, 0.6) is 5.75 Å². The first-order valence-electron chi connectivity index (χ1n) is 8.98. The van der Waals surface area contributed by atoms with Gasteiger partial charge in [0.15, 0.2) is 5.96 Å². The van der Waals surface area contributed by atoms with Crippen LogP contribution in [-0.2, 0) is 11.3 Å². The molecule has 1 aromatic carbocycles. The Labute approximate surface area is 167 Å². The molecule has 0 amide bonds. The third-order valence-corrected chi connectivity index (χ3v) is 6.15.